The Morgan fingerprint density at radius 2 is 1.96 bits per heavy atom. The van der Waals surface area contributed by atoms with Gasteiger partial charge in [0, 0.05) is 37.3 Å². The molecule has 2 fully saturated rings. The van der Waals surface area contributed by atoms with Gasteiger partial charge >= 0.3 is 0 Å². The van der Waals surface area contributed by atoms with Gasteiger partial charge in [-0.2, -0.15) is 0 Å². The first kappa shape index (κ1) is 18.7. The van der Waals surface area contributed by atoms with E-state index in [0.29, 0.717) is 25.9 Å². The molecular weight excluding hydrogens is 342 g/mol. The molecule has 6 heteroatoms. The summed E-state index contributed by atoms with van der Waals surface area (Å²) in [7, 11) is 4.05. The molecule has 3 aliphatic rings. The summed E-state index contributed by atoms with van der Waals surface area (Å²) >= 11 is 0. The van der Waals surface area contributed by atoms with Crippen LogP contribution in [0.25, 0.3) is 0 Å². The highest BCUT2D eigenvalue weighted by Gasteiger charge is 2.46. The molecule has 148 valence electrons. The molecule has 1 aromatic rings. The fourth-order valence-electron chi connectivity index (χ4n) is 5.46. The van der Waals surface area contributed by atoms with Crippen LogP contribution < -0.4 is 5.56 Å². The lowest BCUT2D eigenvalue weighted by Gasteiger charge is -2.49. The molecular formula is C21H31N3O3. The Labute approximate surface area is 160 Å². The lowest BCUT2D eigenvalue weighted by Crippen LogP contribution is -2.57. The van der Waals surface area contributed by atoms with E-state index >= 15 is 0 Å². The number of piperidine rings is 1. The quantitative estimate of drug-likeness (QED) is 0.874. The predicted octanol–water partition coefficient (Wildman–Crippen LogP) is 1.59. The Morgan fingerprint density at radius 3 is 2.67 bits per heavy atom. The number of likely N-dealkylation sites (tertiary alicyclic amines) is 1. The zero-order valence-corrected chi connectivity index (χ0v) is 16.4. The topological polar surface area (TPSA) is 65.8 Å². The zero-order chi connectivity index (χ0) is 19.2. The Kier molecular flexibility index (Phi) is 4.89. The van der Waals surface area contributed by atoms with Crippen molar-refractivity contribution in [2.45, 2.75) is 56.1 Å². The fraction of sp³-hybridized carbons (Fsp3) is 0.714. The van der Waals surface area contributed by atoms with Crippen LogP contribution in [-0.4, -0.2) is 64.7 Å². The molecule has 2 bridgehead atoms. The Hall–Kier alpha value is -1.66. The summed E-state index contributed by atoms with van der Waals surface area (Å²) in [6.45, 7) is 2.02. The van der Waals surface area contributed by atoms with Crippen molar-refractivity contribution in [1.82, 2.24) is 14.4 Å². The zero-order valence-electron chi connectivity index (χ0n) is 16.4. The summed E-state index contributed by atoms with van der Waals surface area (Å²) in [4.78, 5) is 29.8. The molecule has 0 unspecified atom stereocenters. The van der Waals surface area contributed by atoms with Gasteiger partial charge in [0.2, 0.25) is 0 Å². The van der Waals surface area contributed by atoms with Gasteiger partial charge in [0.25, 0.3) is 11.5 Å². The molecule has 1 saturated heterocycles. The maximum Gasteiger partial charge on any atom is 0.254 e. The third-order valence-corrected chi connectivity index (χ3v) is 6.72. The van der Waals surface area contributed by atoms with Gasteiger partial charge in [-0.1, -0.05) is 25.3 Å². The van der Waals surface area contributed by atoms with Crippen molar-refractivity contribution in [1.29, 1.82) is 0 Å². The minimum absolute atomic E-state index is 0.0553. The third-order valence-electron chi connectivity index (χ3n) is 6.72. The number of amides is 1. The summed E-state index contributed by atoms with van der Waals surface area (Å²) in [5, 5.41) is 11.0. The summed E-state index contributed by atoms with van der Waals surface area (Å²) in [5.41, 5.74) is -0.0874. The van der Waals surface area contributed by atoms with E-state index in [0.717, 1.165) is 37.9 Å². The molecule has 1 aliphatic carbocycles. The molecule has 0 aromatic carbocycles. The molecule has 1 N–H and O–H groups in total. The molecule has 3 heterocycles. The number of aliphatic hydroxyl groups is 1. The van der Waals surface area contributed by atoms with E-state index in [-0.39, 0.29) is 29.3 Å². The van der Waals surface area contributed by atoms with E-state index in [9.17, 15) is 14.7 Å². The average molecular weight is 373 g/mol. The number of carbonyl (C=O) groups is 1. The Morgan fingerprint density at radius 1 is 1.22 bits per heavy atom. The minimum Gasteiger partial charge on any atom is -0.380 e. The van der Waals surface area contributed by atoms with Crippen LogP contribution in [0.1, 0.15) is 56.2 Å². The van der Waals surface area contributed by atoms with Gasteiger partial charge in [0.1, 0.15) is 5.60 Å². The third kappa shape index (κ3) is 3.34. The summed E-state index contributed by atoms with van der Waals surface area (Å²) in [5.74, 6) is 0.328. The van der Waals surface area contributed by atoms with Crippen LogP contribution in [0.15, 0.2) is 23.0 Å². The van der Waals surface area contributed by atoms with E-state index in [4.69, 9.17) is 0 Å². The predicted molar refractivity (Wildman–Crippen MR) is 104 cm³/mol. The van der Waals surface area contributed by atoms with Crippen molar-refractivity contribution in [3.05, 3.63) is 34.2 Å². The lowest BCUT2D eigenvalue weighted by atomic mass is 9.77. The molecule has 1 aromatic heterocycles. The van der Waals surface area contributed by atoms with Crippen molar-refractivity contribution in [3.8, 4) is 0 Å². The first-order chi connectivity index (χ1) is 12.9. The van der Waals surface area contributed by atoms with Gasteiger partial charge in [0.05, 0.1) is 6.04 Å². The van der Waals surface area contributed by atoms with E-state index in [1.54, 1.807) is 6.07 Å². The van der Waals surface area contributed by atoms with E-state index in [2.05, 4.69) is 4.90 Å². The second kappa shape index (κ2) is 7.06. The Balaban J connectivity index is 1.66. The SMILES string of the molecule is CN(C)C[C@H]1[C@H]2C[C@H](CN(C(=O)C3(O)CCCCC3)C2)c2cccc(=O)n21. The number of rotatable bonds is 3. The molecule has 4 rings (SSSR count). The van der Waals surface area contributed by atoms with Gasteiger partial charge in [-0.05, 0) is 45.3 Å². The normalized spacial score (nSPS) is 29.5. The highest BCUT2D eigenvalue weighted by atomic mass is 16.3. The monoisotopic (exact) mass is 373 g/mol. The van der Waals surface area contributed by atoms with Gasteiger partial charge in [-0.25, -0.2) is 0 Å². The van der Waals surface area contributed by atoms with E-state index in [1.165, 1.54) is 0 Å². The number of fused-ring (bicyclic) bond motifs is 4. The maximum absolute atomic E-state index is 13.2. The van der Waals surface area contributed by atoms with Crippen molar-refractivity contribution in [3.63, 3.8) is 0 Å². The number of pyridine rings is 1. The van der Waals surface area contributed by atoms with E-state index in [1.807, 2.05) is 35.7 Å². The molecule has 6 nitrogen and oxygen atoms in total. The van der Waals surface area contributed by atoms with Gasteiger partial charge in [-0.15, -0.1) is 0 Å². The Bertz CT molecular complexity index is 766. The van der Waals surface area contributed by atoms with Gasteiger partial charge in [-0.3, -0.25) is 9.59 Å². The molecule has 27 heavy (non-hydrogen) atoms. The molecule has 1 saturated carbocycles. The highest BCUT2D eigenvalue weighted by Crippen LogP contribution is 2.42. The second-order valence-electron chi connectivity index (χ2n) is 8.98. The van der Waals surface area contributed by atoms with E-state index < -0.39 is 5.60 Å². The number of hydrogen-bond acceptors (Lipinski definition) is 4. The van der Waals surface area contributed by atoms with Crippen LogP contribution >= 0.6 is 0 Å². The fourth-order valence-corrected chi connectivity index (χ4v) is 5.46. The van der Waals surface area contributed by atoms with Gasteiger partial charge < -0.3 is 19.5 Å². The van der Waals surface area contributed by atoms with Crippen LogP contribution in [0, 0.1) is 5.92 Å². The highest BCUT2D eigenvalue weighted by molar-refractivity contribution is 5.85. The average Bonchev–Trinajstić information content (AvgIpc) is 2.65. The minimum atomic E-state index is -1.18. The van der Waals surface area contributed by atoms with Crippen molar-refractivity contribution >= 4 is 5.91 Å². The number of hydrogen-bond donors (Lipinski definition) is 1. The van der Waals surface area contributed by atoms with Crippen molar-refractivity contribution < 1.29 is 9.90 Å². The molecule has 0 radical (unpaired) electrons. The first-order valence-corrected chi connectivity index (χ1v) is 10.3. The molecule has 1 amide bonds. The van der Waals surface area contributed by atoms with Crippen LogP contribution in [0.5, 0.6) is 0 Å². The number of nitrogens with zero attached hydrogens (tertiary/aromatic N) is 3. The van der Waals surface area contributed by atoms with Crippen LogP contribution in [0.2, 0.25) is 0 Å². The summed E-state index contributed by atoms with van der Waals surface area (Å²) < 4.78 is 1.97. The lowest BCUT2D eigenvalue weighted by molar-refractivity contribution is -0.158. The van der Waals surface area contributed by atoms with Gasteiger partial charge in [0.15, 0.2) is 0 Å². The second-order valence-corrected chi connectivity index (χ2v) is 8.98. The van der Waals surface area contributed by atoms with Crippen LogP contribution in [0.3, 0.4) is 0 Å². The molecule has 3 atom stereocenters. The number of carbonyl (C=O) groups excluding carboxylic acids is 1. The summed E-state index contributed by atoms with van der Waals surface area (Å²) in [6.07, 6.45) is 5.10. The maximum atomic E-state index is 13.2. The van der Waals surface area contributed by atoms with Crippen LogP contribution in [-0.2, 0) is 4.79 Å². The molecule has 0 spiro atoms. The van der Waals surface area contributed by atoms with Crippen LogP contribution in [0.4, 0.5) is 0 Å². The smallest absolute Gasteiger partial charge is 0.254 e. The van der Waals surface area contributed by atoms with Crippen molar-refractivity contribution in [2.75, 3.05) is 33.7 Å². The first-order valence-electron chi connectivity index (χ1n) is 10.3. The molecule has 2 aliphatic heterocycles. The largest absolute Gasteiger partial charge is 0.380 e. The standard InChI is InChI=1S/C21H31N3O3/c1-22(2)14-18-16-11-15(17-7-6-8-19(25)24(17)18)12-23(13-16)20(26)21(27)9-4-3-5-10-21/h6-8,15-16,18,27H,3-5,9-14H2,1-2H3/t15-,16+,18+/m1/s1. The number of likely N-dealkylation sites (N-methyl/N-ethyl adjacent to an activating group) is 1. The number of aromatic nitrogens is 1. The van der Waals surface area contributed by atoms with Crippen molar-refractivity contribution in [2.24, 2.45) is 5.92 Å². The summed E-state index contributed by atoms with van der Waals surface area (Å²) in [6, 6.07) is 5.57.